The quantitative estimate of drug-likeness (QED) is 0.675. The average Bonchev–Trinajstić information content (AvgIpc) is 2.65. The van der Waals surface area contributed by atoms with Crippen LogP contribution in [0.15, 0.2) is 42.5 Å². The van der Waals surface area contributed by atoms with Crippen LogP contribution in [0.2, 0.25) is 0 Å². The minimum absolute atomic E-state index is 0.206. The standard InChI is InChI=1S/C19H22N2O6S/c1-13(22)14-6-5-7-15(10-14)21(28(4,24)25)12-19(23)20-17-9-8-16(26-2)11-18(17)27-3/h5-11H,12H2,1-4H3,(H,20,23). The van der Waals surface area contributed by atoms with Crippen molar-refractivity contribution in [3.05, 3.63) is 48.0 Å². The fourth-order valence-corrected chi connectivity index (χ4v) is 3.35. The van der Waals surface area contributed by atoms with Crippen LogP contribution < -0.4 is 19.1 Å². The molecule has 2 aromatic rings. The molecule has 0 aliphatic carbocycles. The largest absolute Gasteiger partial charge is 0.497 e. The van der Waals surface area contributed by atoms with Gasteiger partial charge in [0.15, 0.2) is 5.78 Å². The van der Waals surface area contributed by atoms with Gasteiger partial charge in [-0.1, -0.05) is 12.1 Å². The number of sulfonamides is 1. The van der Waals surface area contributed by atoms with Crippen molar-refractivity contribution in [3.63, 3.8) is 0 Å². The highest BCUT2D eigenvalue weighted by molar-refractivity contribution is 7.92. The molecular weight excluding hydrogens is 384 g/mol. The number of nitrogens with zero attached hydrogens (tertiary/aromatic N) is 1. The van der Waals surface area contributed by atoms with Crippen molar-refractivity contribution in [2.75, 3.05) is 36.6 Å². The maximum absolute atomic E-state index is 12.5. The Morgan fingerprint density at radius 2 is 1.79 bits per heavy atom. The van der Waals surface area contributed by atoms with E-state index >= 15 is 0 Å². The third kappa shape index (κ3) is 5.23. The Kier molecular flexibility index (Phi) is 6.63. The van der Waals surface area contributed by atoms with E-state index in [1.807, 2.05) is 0 Å². The van der Waals surface area contributed by atoms with Gasteiger partial charge in [0.1, 0.15) is 18.0 Å². The van der Waals surface area contributed by atoms with Gasteiger partial charge in [-0.15, -0.1) is 0 Å². The summed E-state index contributed by atoms with van der Waals surface area (Å²) < 4.78 is 35.7. The summed E-state index contributed by atoms with van der Waals surface area (Å²) >= 11 is 0. The van der Waals surface area contributed by atoms with Crippen LogP contribution in [0.5, 0.6) is 11.5 Å². The Hall–Kier alpha value is -3.07. The molecule has 0 aromatic heterocycles. The first-order valence-corrected chi connectivity index (χ1v) is 10.1. The molecule has 0 aliphatic rings. The summed E-state index contributed by atoms with van der Waals surface area (Å²) in [6, 6.07) is 10.9. The fourth-order valence-electron chi connectivity index (χ4n) is 2.50. The second kappa shape index (κ2) is 8.75. The van der Waals surface area contributed by atoms with Crippen molar-refractivity contribution in [3.8, 4) is 11.5 Å². The van der Waals surface area contributed by atoms with Crippen LogP contribution in [0.4, 0.5) is 11.4 Å². The number of carbonyl (C=O) groups is 2. The summed E-state index contributed by atoms with van der Waals surface area (Å²) in [5.41, 5.74) is 0.953. The van der Waals surface area contributed by atoms with Gasteiger partial charge in [-0.25, -0.2) is 8.42 Å². The van der Waals surface area contributed by atoms with Crippen LogP contribution in [0, 0.1) is 0 Å². The minimum Gasteiger partial charge on any atom is -0.497 e. The molecule has 0 fully saturated rings. The topological polar surface area (TPSA) is 102 Å². The van der Waals surface area contributed by atoms with Gasteiger partial charge in [-0.05, 0) is 31.2 Å². The number of hydrogen-bond donors (Lipinski definition) is 1. The molecule has 0 aliphatic heterocycles. The van der Waals surface area contributed by atoms with Gasteiger partial charge in [0.2, 0.25) is 15.9 Å². The Morgan fingerprint density at radius 3 is 2.36 bits per heavy atom. The van der Waals surface area contributed by atoms with Gasteiger partial charge in [0.25, 0.3) is 0 Å². The van der Waals surface area contributed by atoms with Crippen LogP contribution in [0.1, 0.15) is 17.3 Å². The Bertz CT molecular complexity index is 988. The monoisotopic (exact) mass is 406 g/mol. The first-order valence-electron chi connectivity index (χ1n) is 8.26. The van der Waals surface area contributed by atoms with Crippen LogP contribution in [-0.4, -0.2) is 47.1 Å². The lowest BCUT2D eigenvalue weighted by Crippen LogP contribution is -2.37. The molecule has 0 bridgehead atoms. The van der Waals surface area contributed by atoms with Crippen molar-refractivity contribution < 1.29 is 27.5 Å². The highest BCUT2D eigenvalue weighted by Crippen LogP contribution is 2.29. The SMILES string of the molecule is COc1ccc(NC(=O)CN(c2cccc(C(C)=O)c2)S(C)(=O)=O)c(OC)c1. The molecule has 9 heteroatoms. The second-order valence-electron chi connectivity index (χ2n) is 5.99. The van der Waals surface area contributed by atoms with Crippen LogP contribution in [0.3, 0.4) is 0 Å². The van der Waals surface area contributed by atoms with Crippen molar-refractivity contribution in [1.82, 2.24) is 0 Å². The van der Waals surface area contributed by atoms with E-state index in [1.165, 1.54) is 33.3 Å². The maximum Gasteiger partial charge on any atom is 0.245 e. The summed E-state index contributed by atoms with van der Waals surface area (Å²) in [5.74, 6) is 0.149. The van der Waals surface area contributed by atoms with Gasteiger partial charge < -0.3 is 14.8 Å². The zero-order valence-corrected chi connectivity index (χ0v) is 16.9. The van der Waals surface area contributed by atoms with E-state index in [-0.39, 0.29) is 11.5 Å². The van der Waals surface area contributed by atoms with Crippen molar-refractivity contribution in [2.24, 2.45) is 0 Å². The molecule has 0 unspecified atom stereocenters. The number of benzene rings is 2. The molecule has 0 saturated heterocycles. The fraction of sp³-hybridized carbons (Fsp3) is 0.263. The summed E-state index contributed by atoms with van der Waals surface area (Å²) in [6.45, 7) is 0.919. The number of anilines is 2. The first kappa shape index (κ1) is 21.2. The molecule has 0 spiro atoms. The lowest BCUT2D eigenvalue weighted by molar-refractivity contribution is -0.114. The molecule has 0 heterocycles. The summed E-state index contributed by atoms with van der Waals surface area (Å²) in [6.07, 6.45) is 0.995. The lowest BCUT2D eigenvalue weighted by atomic mass is 10.1. The van der Waals surface area contributed by atoms with E-state index in [9.17, 15) is 18.0 Å². The molecule has 0 atom stereocenters. The Balaban J connectivity index is 2.28. The van der Waals surface area contributed by atoms with E-state index in [4.69, 9.17) is 9.47 Å². The Labute approximate surface area is 164 Å². The minimum atomic E-state index is -3.76. The third-order valence-corrected chi connectivity index (χ3v) is 5.05. The molecule has 2 rings (SSSR count). The van der Waals surface area contributed by atoms with Crippen molar-refractivity contribution in [1.29, 1.82) is 0 Å². The molecule has 28 heavy (non-hydrogen) atoms. The third-order valence-electron chi connectivity index (χ3n) is 3.91. The molecule has 8 nitrogen and oxygen atoms in total. The van der Waals surface area contributed by atoms with Crippen molar-refractivity contribution in [2.45, 2.75) is 6.92 Å². The first-order chi connectivity index (χ1) is 13.2. The zero-order chi connectivity index (χ0) is 20.9. The molecule has 0 radical (unpaired) electrons. The predicted octanol–water partition coefficient (Wildman–Crippen LogP) is 2.31. The molecule has 1 amide bonds. The van der Waals surface area contributed by atoms with E-state index < -0.39 is 22.5 Å². The number of nitrogens with one attached hydrogen (secondary N) is 1. The molecule has 1 N–H and O–H groups in total. The van der Waals surface area contributed by atoms with E-state index in [0.29, 0.717) is 22.7 Å². The highest BCUT2D eigenvalue weighted by atomic mass is 32.2. The molecule has 0 saturated carbocycles. The summed E-state index contributed by atoms with van der Waals surface area (Å²) in [5, 5.41) is 2.63. The number of methoxy groups -OCH3 is 2. The number of rotatable bonds is 8. The summed E-state index contributed by atoms with van der Waals surface area (Å²) in [4.78, 5) is 24.1. The van der Waals surface area contributed by atoms with Crippen LogP contribution >= 0.6 is 0 Å². The number of carbonyl (C=O) groups excluding carboxylic acids is 2. The number of ketones is 1. The normalized spacial score (nSPS) is 10.9. The number of hydrogen-bond acceptors (Lipinski definition) is 6. The van der Waals surface area contributed by atoms with Gasteiger partial charge >= 0.3 is 0 Å². The molecular formula is C19H22N2O6S. The van der Waals surface area contributed by atoms with Gasteiger partial charge in [0.05, 0.1) is 31.9 Å². The maximum atomic E-state index is 12.5. The predicted molar refractivity (Wildman–Crippen MR) is 107 cm³/mol. The van der Waals surface area contributed by atoms with E-state index in [0.717, 1.165) is 10.6 Å². The van der Waals surface area contributed by atoms with Gasteiger partial charge in [-0.3, -0.25) is 13.9 Å². The number of amides is 1. The van der Waals surface area contributed by atoms with Crippen molar-refractivity contribution >= 4 is 33.1 Å². The highest BCUT2D eigenvalue weighted by Gasteiger charge is 2.22. The van der Waals surface area contributed by atoms with Crippen LogP contribution in [0.25, 0.3) is 0 Å². The number of ether oxygens (including phenoxy) is 2. The lowest BCUT2D eigenvalue weighted by Gasteiger charge is -2.22. The van der Waals surface area contributed by atoms with E-state index in [2.05, 4.69) is 5.32 Å². The van der Waals surface area contributed by atoms with E-state index in [1.54, 1.807) is 30.3 Å². The Morgan fingerprint density at radius 1 is 1.07 bits per heavy atom. The zero-order valence-electron chi connectivity index (χ0n) is 16.1. The molecule has 2 aromatic carbocycles. The second-order valence-corrected chi connectivity index (χ2v) is 7.90. The van der Waals surface area contributed by atoms with Crippen LogP contribution in [-0.2, 0) is 14.8 Å². The smallest absolute Gasteiger partial charge is 0.245 e. The number of Topliss-reactive ketones (excluding diaryl/α,β-unsaturated/α-hetero) is 1. The van der Waals surface area contributed by atoms with Gasteiger partial charge in [0, 0.05) is 11.6 Å². The summed E-state index contributed by atoms with van der Waals surface area (Å²) in [7, 11) is -0.813. The molecule has 150 valence electrons. The van der Waals surface area contributed by atoms with Gasteiger partial charge in [-0.2, -0.15) is 0 Å². The average molecular weight is 406 g/mol.